The van der Waals surface area contributed by atoms with E-state index in [1.165, 1.54) is 22.6 Å². The highest BCUT2D eigenvalue weighted by molar-refractivity contribution is 7.89. The first-order valence-electron chi connectivity index (χ1n) is 9.20. The number of rotatable bonds is 5. The number of hydrogen-bond donors (Lipinski definition) is 2. The second-order valence-electron chi connectivity index (χ2n) is 6.95. The fraction of sp³-hybridized carbons (Fsp3) is 0.190. The third kappa shape index (κ3) is 4.40. The second-order valence-corrected chi connectivity index (χ2v) is 9.51. The van der Waals surface area contributed by atoms with Gasteiger partial charge in [-0.3, -0.25) is 9.69 Å². The van der Waals surface area contributed by atoms with Crippen molar-refractivity contribution in [3.8, 4) is 0 Å². The zero-order chi connectivity index (χ0) is 20.4. The molecule has 1 unspecified atom stereocenters. The summed E-state index contributed by atoms with van der Waals surface area (Å²) in [5, 5.41) is 10.1. The minimum absolute atomic E-state index is 0.0145. The Kier molecular flexibility index (Phi) is 5.51. The van der Waals surface area contributed by atoms with Crippen LogP contribution in [0, 0.1) is 0 Å². The first kappa shape index (κ1) is 19.8. The van der Waals surface area contributed by atoms with Crippen LogP contribution in [-0.2, 0) is 21.2 Å². The van der Waals surface area contributed by atoms with Crippen molar-refractivity contribution < 1.29 is 13.2 Å². The van der Waals surface area contributed by atoms with E-state index in [9.17, 15) is 13.2 Å². The molecule has 150 valence electrons. The number of carbonyl (C=O) groups excluding carboxylic acids is 1. The third-order valence-corrected chi connectivity index (χ3v) is 6.92. The topological polar surface area (TPSA) is 92.5 Å². The monoisotopic (exact) mass is 427 g/mol. The van der Waals surface area contributed by atoms with Crippen LogP contribution in [0.15, 0.2) is 70.9 Å². The number of anilines is 1. The molecule has 0 fully saturated rings. The van der Waals surface area contributed by atoms with E-state index in [0.29, 0.717) is 5.69 Å². The Bertz CT molecular complexity index is 1110. The fourth-order valence-electron chi connectivity index (χ4n) is 3.68. The molecule has 1 aromatic heterocycles. The number of thiophene rings is 1. The van der Waals surface area contributed by atoms with E-state index in [1.807, 2.05) is 18.2 Å². The Morgan fingerprint density at radius 3 is 2.52 bits per heavy atom. The first-order chi connectivity index (χ1) is 13.9. The molecule has 0 radical (unpaired) electrons. The maximum atomic E-state index is 12.7. The Balaban J connectivity index is 1.51. The number of carbonyl (C=O) groups is 1. The number of hydrogen-bond acceptors (Lipinski definition) is 5. The molecule has 0 bridgehead atoms. The maximum Gasteiger partial charge on any atom is 0.238 e. The summed E-state index contributed by atoms with van der Waals surface area (Å²) in [5.41, 5.74) is 2.96. The average Bonchev–Trinajstić information content (AvgIpc) is 3.17. The molecule has 6 nitrogen and oxygen atoms in total. The van der Waals surface area contributed by atoms with E-state index in [1.54, 1.807) is 23.5 Å². The minimum atomic E-state index is -3.75. The molecule has 1 amide bonds. The molecule has 0 saturated carbocycles. The lowest BCUT2D eigenvalue weighted by molar-refractivity contribution is -0.117. The van der Waals surface area contributed by atoms with Crippen LogP contribution >= 0.6 is 11.3 Å². The van der Waals surface area contributed by atoms with Gasteiger partial charge in [-0.15, -0.1) is 11.3 Å². The lowest BCUT2D eigenvalue weighted by atomic mass is 9.93. The molecule has 3 aromatic rings. The summed E-state index contributed by atoms with van der Waals surface area (Å²) < 4.78 is 22.7. The van der Waals surface area contributed by atoms with Gasteiger partial charge in [-0.05, 0) is 53.3 Å². The Morgan fingerprint density at radius 2 is 1.83 bits per heavy atom. The molecule has 2 aromatic carbocycles. The number of fused-ring (bicyclic) bond motifs is 1. The predicted octanol–water partition coefficient (Wildman–Crippen LogP) is 2.98. The van der Waals surface area contributed by atoms with E-state index in [0.717, 1.165) is 18.5 Å². The van der Waals surface area contributed by atoms with Crippen LogP contribution in [0.1, 0.15) is 22.0 Å². The molecular weight excluding hydrogens is 406 g/mol. The highest BCUT2D eigenvalue weighted by Crippen LogP contribution is 2.37. The summed E-state index contributed by atoms with van der Waals surface area (Å²) in [4.78, 5) is 16.3. The predicted molar refractivity (Wildman–Crippen MR) is 114 cm³/mol. The number of nitrogens with two attached hydrogens (primary N) is 1. The van der Waals surface area contributed by atoms with Crippen molar-refractivity contribution in [2.75, 3.05) is 18.4 Å². The normalized spacial score (nSPS) is 16.9. The molecule has 0 saturated heterocycles. The van der Waals surface area contributed by atoms with Crippen molar-refractivity contribution >= 4 is 33.0 Å². The molecule has 29 heavy (non-hydrogen) atoms. The van der Waals surface area contributed by atoms with Gasteiger partial charge in [0.1, 0.15) is 0 Å². The zero-order valence-electron chi connectivity index (χ0n) is 15.6. The molecule has 0 spiro atoms. The molecule has 1 aliphatic heterocycles. The lowest BCUT2D eigenvalue weighted by Crippen LogP contribution is -2.40. The van der Waals surface area contributed by atoms with Gasteiger partial charge < -0.3 is 5.32 Å². The molecule has 3 N–H and O–H groups in total. The van der Waals surface area contributed by atoms with Crippen molar-refractivity contribution in [3.63, 3.8) is 0 Å². The lowest BCUT2D eigenvalue weighted by Gasteiger charge is -2.35. The fourth-order valence-corrected chi connectivity index (χ4v) is 5.10. The zero-order valence-corrected chi connectivity index (χ0v) is 17.2. The molecule has 8 heteroatoms. The van der Waals surface area contributed by atoms with Gasteiger partial charge in [0.25, 0.3) is 0 Å². The number of nitrogens with one attached hydrogen (secondary N) is 1. The Hall–Kier alpha value is -2.52. The van der Waals surface area contributed by atoms with Gasteiger partial charge in [0, 0.05) is 17.1 Å². The van der Waals surface area contributed by atoms with Gasteiger partial charge in [-0.25, -0.2) is 13.6 Å². The van der Waals surface area contributed by atoms with Crippen LogP contribution in [0.25, 0.3) is 0 Å². The van der Waals surface area contributed by atoms with E-state index >= 15 is 0 Å². The number of amides is 1. The number of primary sulfonamides is 1. The van der Waals surface area contributed by atoms with E-state index in [2.05, 4.69) is 33.8 Å². The van der Waals surface area contributed by atoms with Crippen LogP contribution in [0.2, 0.25) is 0 Å². The summed E-state index contributed by atoms with van der Waals surface area (Å²) >= 11 is 1.76. The molecule has 1 atom stereocenters. The van der Waals surface area contributed by atoms with Gasteiger partial charge in [0.15, 0.2) is 0 Å². The molecule has 0 aliphatic carbocycles. The number of nitrogens with zero attached hydrogens (tertiary/aromatic N) is 1. The van der Waals surface area contributed by atoms with Gasteiger partial charge in [-0.2, -0.15) is 0 Å². The van der Waals surface area contributed by atoms with Crippen LogP contribution in [0.4, 0.5) is 5.69 Å². The van der Waals surface area contributed by atoms with Crippen molar-refractivity contribution in [3.05, 3.63) is 82.0 Å². The summed E-state index contributed by atoms with van der Waals surface area (Å²) in [5.74, 6) is -0.145. The SMILES string of the molecule is NS(=O)(=O)c1ccc(NC(=O)CN2CCc3sccc3C2c2ccccc2)cc1. The van der Waals surface area contributed by atoms with E-state index < -0.39 is 10.0 Å². The highest BCUT2D eigenvalue weighted by Gasteiger charge is 2.30. The maximum absolute atomic E-state index is 12.7. The van der Waals surface area contributed by atoms with Crippen molar-refractivity contribution in [2.24, 2.45) is 5.14 Å². The molecule has 2 heterocycles. The van der Waals surface area contributed by atoms with Crippen LogP contribution in [0.5, 0.6) is 0 Å². The van der Waals surface area contributed by atoms with Crippen LogP contribution in [0.3, 0.4) is 0 Å². The Morgan fingerprint density at radius 1 is 1.10 bits per heavy atom. The van der Waals surface area contributed by atoms with E-state index in [-0.39, 0.29) is 23.4 Å². The number of benzene rings is 2. The smallest absolute Gasteiger partial charge is 0.238 e. The van der Waals surface area contributed by atoms with Crippen LogP contribution in [-0.4, -0.2) is 32.3 Å². The van der Waals surface area contributed by atoms with Gasteiger partial charge in [0.2, 0.25) is 15.9 Å². The third-order valence-electron chi connectivity index (χ3n) is 4.99. The van der Waals surface area contributed by atoms with Gasteiger partial charge in [0.05, 0.1) is 17.5 Å². The average molecular weight is 428 g/mol. The summed E-state index contributed by atoms with van der Waals surface area (Å²) in [6.07, 6.45) is 0.923. The summed E-state index contributed by atoms with van der Waals surface area (Å²) in [6.45, 7) is 1.04. The highest BCUT2D eigenvalue weighted by atomic mass is 32.2. The largest absolute Gasteiger partial charge is 0.325 e. The van der Waals surface area contributed by atoms with Crippen molar-refractivity contribution in [1.29, 1.82) is 0 Å². The quantitative estimate of drug-likeness (QED) is 0.655. The molecule has 1 aliphatic rings. The molecular formula is C21H21N3O3S2. The number of sulfonamides is 1. The summed E-state index contributed by atoms with van der Waals surface area (Å²) in [6, 6.07) is 18.2. The first-order valence-corrected chi connectivity index (χ1v) is 11.6. The van der Waals surface area contributed by atoms with Gasteiger partial charge in [-0.1, -0.05) is 30.3 Å². The Labute approximate surface area is 174 Å². The minimum Gasteiger partial charge on any atom is -0.325 e. The van der Waals surface area contributed by atoms with Gasteiger partial charge >= 0.3 is 0 Å². The standard InChI is InChI=1S/C21H21N3O3S2/c22-29(26,27)17-8-6-16(7-9-17)23-20(25)14-24-12-10-19-18(11-13-28-19)21(24)15-4-2-1-3-5-15/h1-9,11,13,21H,10,12,14H2,(H,23,25)(H2,22,26,27). The van der Waals surface area contributed by atoms with Crippen molar-refractivity contribution in [2.45, 2.75) is 17.4 Å². The van der Waals surface area contributed by atoms with Crippen LogP contribution < -0.4 is 10.5 Å². The molecule has 4 rings (SSSR count). The van der Waals surface area contributed by atoms with Crippen molar-refractivity contribution in [1.82, 2.24) is 4.90 Å². The summed E-state index contributed by atoms with van der Waals surface area (Å²) in [7, 11) is -3.75. The second kappa shape index (κ2) is 8.08. The van der Waals surface area contributed by atoms with E-state index in [4.69, 9.17) is 5.14 Å².